The van der Waals surface area contributed by atoms with Gasteiger partial charge in [-0.15, -0.1) is 0 Å². The summed E-state index contributed by atoms with van der Waals surface area (Å²) < 4.78 is 28.9. The summed E-state index contributed by atoms with van der Waals surface area (Å²) in [5, 5.41) is 3.10. The van der Waals surface area contributed by atoms with Gasteiger partial charge in [0, 0.05) is 12.6 Å². The van der Waals surface area contributed by atoms with Crippen LogP contribution in [0.3, 0.4) is 0 Å². The van der Waals surface area contributed by atoms with E-state index in [1.165, 1.54) is 4.90 Å². The van der Waals surface area contributed by atoms with E-state index in [0.29, 0.717) is 5.69 Å². The van der Waals surface area contributed by atoms with Crippen LogP contribution in [0.2, 0.25) is 0 Å². The van der Waals surface area contributed by atoms with Gasteiger partial charge in [-0.25, -0.2) is 8.42 Å². The maximum absolute atomic E-state index is 14.0. The average molecular weight is 562 g/mol. The van der Waals surface area contributed by atoms with Crippen molar-refractivity contribution in [2.45, 2.75) is 76.9 Å². The molecule has 2 amide bonds. The Bertz CT molecular complexity index is 1430. The van der Waals surface area contributed by atoms with Gasteiger partial charge in [0.25, 0.3) is 10.0 Å². The molecular formula is C32H39N3O4S. The summed E-state index contributed by atoms with van der Waals surface area (Å²) in [6.45, 7) is 7.24. The summed E-state index contributed by atoms with van der Waals surface area (Å²) in [6.07, 6.45) is 4.02. The molecule has 7 nitrogen and oxygen atoms in total. The zero-order chi connectivity index (χ0) is 28.9. The summed E-state index contributed by atoms with van der Waals surface area (Å²) in [6, 6.07) is 20.7. The van der Waals surface area contributed by atoms with Crippen LogP contribution in [0, 0.1) is 20.8 Å². The lowest BCUT2D eigenvalue weighted by atomic mass is 10.1. The first-order valence-corrected chi connectivity index (χ1v) is 15.3. The average Bonchev–Trinajstić information content (AvgIpc) is 3.44. The molecule has 0 saturated heterocycles. The molecule has 8 heteroatoms. The third kappa shape index (κ3) is 7.10. The predicted octanol–water partition coefficient (Wildman–Crippen LogP) is 5.28. The number of sulfonamides is 1. The van der Waals surface area contributed by atoms with Gasteiger partial charge in [0.05, 0.1) is 10.6 Å². The first-order valence-electron chi connectivity index (χ1n) is 13.9. The molecule has 1 N–H and O–H groups in total. The number of benzene rings is 3. The van der Waals surface area contributed by atoms with Gasteiger partial charge in [-0.05, 0) is 70.4 Å². The lowest BCUT2D eigenvalue weighted by Gasteiger charge is -2.32. The standard InChI is InChI=1S/C32H39N3O4S/c1-23-12-16-29(17-13-23)35(40(38,39)30-18-14-24(2)15-19-30)22-31(36)34(21-27-9-7-8-25(3)20-27)26(4)32(37)33-28-10-5-6-11-28/h7-9,12-20,26,28H,5-6,10-11,21-22H2,1-4H3,(H,33,37)/t26-/m0/s1. The summed E-state index contributed by atoms with van der Waals surface area (Å²) >= 11 is 0. The molecule has 0 aliphatic heterocycles. The van der Waals surface area contributed by atoms with Gasteiger partial charge < -0.3 is 10.2 Å². The van der Waals surface area contributed by atoms with Crippen LogP contribution in [0.5, 0.6) is 0 Å². The predicted molar refractivity (Wildman–Crippen MR) is 158 cm³/mol. The zero-order valence-electron chi connectivity index (χ0n) is 23.8. The van der Waals surface area contributed by atoms with Crippen molar-refractivity contribution in [2.75, 3.05) is 10.8 Å². The fourth-order valence-corrected chi connectivity index (χ4v) is 6.47. The summed E-state index contributed by atoms with van der Waals surface area (Å²) in [5.41, 5.74) is 4.20. The van der Waals surface area contributed by atoms with E-state index in [1.807, 2.05) is 57.2 Å². The monoisotopic (exact) mass is 561 g/mol. The smallest absolute Gasteiger partial charge is 0.264 e. The van der Waals surface area contributed by atoms with Gasteiger partial charge >= 0.3 is 0 Å². The topological polar surface area (TPSA) is 86.8 Å². The first kappa shape index (κ1) is 29.3. The molecule has 1 aliphatic carbocycles. The van der Waals surface area contributed by atoms with Crippen molar-refractivity contribution in [3.8, 4) is 0 Å². The van der Waals surface area contributed by atoms with Gasteiger partial charge in [0.2, 0.25) is 11.8 Å². The summed E-state index contributed by atoms with van der Waals surface area (Å²) in [5.74, 6) is -0.678. The second-order valence-electron chi connectivity index (χ2n) is 10.8. The van der Waals surface area contributed by atoms with E-state index in [9.17, 15) is 18.0 Å². The third-order valence-corrected chi connectivity index (χ3v) is 9.30. The number of rotatable bonds is 10. The summed E-state index contributed by atoms with van der Waals surface area (Å²) in [4.78, 5) is 28.9. The largest absolute Gasteiger partial charge is 0.352 e. The van der Waals surface area contributed by atoms with Crippen LogP contribution in [0.15, 0.2) is 77.7 Å². The molecule has 1 atom stereocenters. The van der Waals surface area contributed by atoms with E-state index >= 15 is 0 Å². The minimum Gasteiger partial charge on any atom is -0.352 e. The van der Waals surface area contributed by atoms with Crippen molar-refractivity contribution in [3.05, 3.63) is 95.1 Å². The van der Waals surface area contributed by atoms with Crippen LogP contribution in [0.1, 0.15) is 54.9 Å². The summed E-state index contributed by atoms with van der Waals surface area (Å²) in [7, 11) is -4.07. The van der Waals surface area contributed by atoms with Gasteiger partial charge in [-0.1, -0.05) is 78.1 Å². The Morgan fingerprint density at radius 3 is 2.08 bits per heavy atom. The maximum atomic E-state index is 14.0. The van der Waals surface area contributed by atoms with Crippen molar-refractivity contribution < 1.29 is 18.0 Å². The first-order chi connectivity index (χ1) is 19.0. The molecule has 1 fully saturated rings. The Kier molecular flexibility index (Phi) is 9.30. The SMILES string of the molecule is Cc1ccc(N(CC(=O)N(Cc2cccc(C)c2)[C@@H](C)C(=O)NC2CCCC2)S(=O)(=O)c2ccc(C)cc2)cc1. The Hall–Kier alpha value is -3.65. The Balaban J connectivity index is 1.68. The van der Waals surface area contributed by atoms with E-state index in [0.717, 1.165) is 52.2 Å². The highest BCUT2D eigenvalue weighted by molar-refractivity contribution is 7.92. The number of amides is 2. The van der Waals surface area contributed by atoms with Crippen molar-refractivity contribution >= 4 is 27.5 Å². The fourth-order valence-electron chi connectivity index (χ4n) is 5.06. The maximum Gasteiger partial charge on any atom is 0.264 e. The van der Waals surface area contributed by atoms with Crippen molar-refractivity contribution in [2.24, 2.45) is 0 Å². The van der Waals surface area contributed by atoms with Crippen molar-refractivity contribution in [1.29, 1.82) is 0 Å². The van der Waals surface area contributed by atoms with E-state index in [1.54, 1.807) is 43.3 Å². The molecule has 0 aromatic heterocycles. The molecule has 3 aromatic carbocycles. The van der Waals surface area contributed by atoms with E-state index in [-0.39, 0.29) is 23.4 Å². The quantitative estimate of drug-likeness (QED) is 0.365. The highest BCUT2D eigenvalue weighted by Gasteiger charge is 2.33. The Labute approximate surface area is 238 Å². The molecule has 4 rings (SSSR count). The van der Waals surface area contributed by atoms with Crippen LogP contribution in [-0.2, 0) is 26.2 Å². The van der Waals surface area contributed by atoms with Crippen LogP contribution in [-0.4, -0.2) is 43.8 Å². The number of carbonyl (C=O) groups is 2. The van der Waals surface area contributed by atoms with Crippen LogP contribution in [0.4, 0.5) is 5.69 Å². The highest BCUT2D eigenvalue weighted by Crippen LogP contribution is 2.26. The molecule has 1 aliphatic rings. The molecule has 3 aromatic rings. The van der Waals surface area contributed by atoms with E-state index in [2.05, 4.69) is 5.32 Å². The number of aryl methyl sites for hydroxylation is 3. The van der Waals surface area contributed by atoms with Crippen LogP contribution >= 0.6 is 0 Å². The van der Waals surface area contributed by atoms with Crippen LogP contribution in [0.25, 0.3) is 0 Å². The molecule has 0 spiro atoms. The zero-order valence-corrected chi connectivity index (χ0v) is 24.6. The molecule has 212 valence electrons. The molecule has 0 bridgehead atoms. The van der Waals surface area contributed by atoms with Gasteiger partial charge in [0.1, 0.15) is 12.6 Å². The van der Waals surface area contributed by atoms with Gasteiger partial charge in [0.15, 0.2) is 0 Å². The van der Waals surface area contributed by atoms with Crippen molar-refractivity contribution in [1.82, 2.24) is 10.2 Å². The highest BCUT2D eigenvalue weighted by atomic mass is 32.2. The van der Waals surface area contributed by atoms with Gasteiger partial charge in [-0.2, -0.15) is 0 Å². The number of anilines is 1. The molecular weight excluding hydrogens is 522 g/mol. The molecule has 0 heterocycles. The lowest BCUT2D eigenvalue weighted by Crippen LogP contribution is -2.52. The van der Waals surface area contributed by atoms with Gasteiger partial charge in [-0.3, -0.25) is 13.9 Å². The number of hydrogen-bond acceptors (Lipinski definition) is 4. The van der Waals surface area contributed by atoms with Crippen molar-refractivity contribution in [3.63, 3.8) is 0 Å². The Morgan fingerprint density at radius 2 is 1.48 bits per heavy atom. The minimum atomic E-state index is -4.07. The minimum absolute atomic E-state index is 0.101. The fraction of sp³-hybridized carbons (Fsp3) is 0.375. The van der Waals surface area contributed by atoms with Crippen LogP contribution < -0.4 is 9.62 Å². The lowest BCUT2D eigenvalue weighted by molar-refractivity contribution is -0.139. The Morgan fingerprint density at radius 1 is 0.875 bits per heavy atom. The molecule has 40 heavy (non-hydrogen) atoms. The molecule has 1 saturated carbocycles. The number of carbonyl (C=O) groups excluding carboxylic acids is 2. The molecule has 0 radical (unpaired) electrons. The second-order valence-corrected chi connectivity index (χ2v) is 12.7. The van der Waals surface area contributed by atoms with E-state index < -0.39 is 28.5 Å². The normalized spacial score (nSPS) is 14.5. The number of hydrogen-bond donors (Lipinski definition) is 1. The number of nitrogens with zero attached hydrogens (tertiary/aromatic N) is 2. The van der Waals surface area contributed by atoms with E-state index in [4.69, 9.17) is 0 Å². The molecule has 0 unspecified atom stereocenters. The third-order valence-electron chi connectivity index (χ3n) is 7.51. The number of nitrogens with one attached hydrogen (secondary N) is 1. The second kappa shape index (κ2) is 12.7.